The Morgan fingerprint density at radius 3 is 2.80 bits per heavy atom. The highest BCUT2D eigenvalue weighted by molar-refractivity contribution is 5.55. The molecule has 1 aromatic carbocycles. The molecule has 1 aliphatic heterocycles. The van der Waals surface area contributed by atoms with Gasteiger partial charge in [-0.2, -0.15) is 0 Å². The zero-order chi connectivity index (χ0) is 10.5. The van der Waals surface area contributed by atoms with E-state index in [1.165, 1.54) is 12.8 Å². The van der Waals surface area contributed by atoms with Crippen LogP contribution in [0.15, 0.2) is 18.2 Å². The van der Waals surface area contributed by atoms with Gasteiger partial charge in [0.05, 0.1) is 0 Å². The Morgan fingerprint density at radius 1 is 1.20 bits per heavy atom. The van der Waals surface area contributed by atoms with Crippen LogP contribution in [0.3, 0.4) is 0 Å². The smallest absolute Gasteiger partial charge is 0.163 e. The number of hydrogen-bond donors (Lipinski definition) is 1. The van der Waals surface area contributed by atoms with E-state index in [-0.39, 0.29) is 0 Å². The first-order valence-corrected chi connectivity index (χ1v) is 5.53. The van der Waals surface area contributed by atoms with Crippen molar-refractivity contribution in [2.75, 3.05) is 25.1 Å². The largest absolute Gasteiger partial charge is 0.486 e. The summed E-state index contributed by atoms with van der Waals surface area (Å²) in [6.45, 7) is 4.49. The van der Waals surface area contributed by atoms with Crippen molar-refractivity contribution < 1.29 is 9.47 Å². The van der Waals surface area contributed by atoms with E-state index in [9.17, 15) is 0 Å². The summed E-state index contributed by atoms with van der Waals surface area (Å²) < 4.78 is 11.0. The topological polar surface area (TPSA) is 30.5 Å². The van der Waals surface area contributed by atoms with Crippen LogP contribution in [0, 0.1) is 0 Å². The maximum atomic E-state index is 5.51. The quantitative estimate of drug-likeness (QED) is 0.770. The van der Waals surface area contributed by atoms with Crippen LogP contribution >= 0.6 is 0 Å². The second kappa shape index (κ2) is 4.91. The minimum absolute atomic E-state index is 0.644. The average molecular weight is 207 g/mol. The Labute approximate surface area is 90.4 Å². The summed E-state index contributed by atoms with van der Waals surface area (Å²) in [5.41, 5.74) is 1.10. The second-order valence-corrected chi connectivity index (χ2v) is 3.64. The fraction of sp³-hybridized carbons (Fsp3) is 0.500. The fourth-order valence-corrected chi connectivity index (χ4v) is 1.56. The Balaban J connectivity index is 2.00. The predicted octanol–water partition coefficient (Wildman–Crippen LogP) is 2.67. The molecule has 0 atom stereocenters. The van der Waals surface area contributed by atoms with Crippen molar-refractivity contribution in [1.82, 2.24) is 0 Å². The van der Waals surface area contributed by atoms with Gasteiger partial charge in [-0.25, -0.2) is 0 Å². The van der Waals surface area contributed by atoms with E-state index in [0.717, 1.165) is 23.7 Å². The number of unbranched alkanes of at least 4 members (excludes halogenated alkanes) is 1. The van der Waals surface area contributed by atoms with Crippen molar-refractivity contribution in [2.45, 2.75) is 19.8 Å². The van der Waals surface area contributed by atoms with E-state index in [1.54, 1.807) is 0 Å². The molecule has 1 aliphatic rings. The molecule has 0 saturated carbocycles. The summed E-state index contributed by atoms with van der Waals surface area (Å²) in [7, 11) is 0. The van der Waals surface area contributed by atoms with Crippen LogP contribution in [0.2, 0.25) is 0 Å². The molecule has 0 aliphatic carbocycles. The lowest BCUT2D eigenvalue weighted by Crippen LogP contribution is -2.15. The molecule has 0 saturated heterocycles. The second-order valence-electron chi connectivity index (χ2n) is 3.64. The average Bonchev–Trinajstić information content (AvgIpc) is 2.29. The number of benzene rings is 1. The number of nitrogens with one attached hydrogen (secondary N) is 1. The third kappa shape index (κ3) is 2.55. The summed E-state index contributed by atoms with van der Waals surface area (Å²) in [5, 5.41) is 3.36. The Bertz CT molecular complexity index is 325. The van der Waals surface area contributed by atoms with Gasteiger partial charge in [0.1, 0.15) is 13.2 Å². The Hall–Kier alpha value is -1.38. The standard InChI is InChI=1S/C12H17NO2/c1-2-3-6-13-10-4-5-11-12(9-10)15-8-7-14-11/h4-5,9,13H,2-3,6-8H2,1H3. The molecule has 0 bridgehead atoms. The molecule has 3 nitrogen and oxygen atoms in total. The third-order valence-corrected chi connectivity index (χ3v) is 2.40. The number of hydrogen-bond acceptors (Lipinski definition) is 3. The summed E-state index contributed by atoms with van der Waals surface area (Å²) in [4.78, 5) is 0. The van der Waals surface area contributed by atoms with Crippen molar-refractivity contribution in [3.8, 4) is 11.5 Å². The van der Waals surface area contributed by atoms with Crippen molar-refractivity contribution in [1.29, 1.82) is 0 Å². The van der Waals surface area contributed by atoms with Gasteiger partial charge in [0, 0.05) is 18.3 Å². The summed E-state index contributed by atoms with van der Waals surface area (Å²) in [6, 6.07) is 6.00. The van der Waals surface area contributed by atoms with Gasteiger partial charge in [0.25, 0.3) is 0 Å². The van der Waals surface area contributed by atoms with Gasteiger partial charge in [-0.05, 0) is 18.6 Å². The first-order valence-electron chi connectivity index (χ1n) is 5.53. The molecule has 0 radical (unpaired) electrons. The zero-order valence-electron chi connectivity index (χ0n) is 9.08. The lowest BCUT2D eigenvalue weighted by atomic mass is 10.2. The summed E-state index contributed by atoms with van der Waals surface area (Å²) in [5.74, 6) is 1.70. The third-order valence-electron chi connectivity index (χ3n) is 2.40. The molecule has 0 spiro atoms. The highest BCUT2D eigenvalue weighted by Crippen LogP contribution is 2.32. The van der Waals surface area contributed by atoms with Crippen molar-refractivity contribution in [3.05, 3.63) is 18.2 Å². The molecule has 0 unspecified atom stereocenters. The van der Waals surface area contributed by atoms with Crippen LogP contribution in [0.5, 0.6) is 11.5 Å². The lowest BCUT2D eigenvalue weighted by Gasteiger charge is -2.19. The van der Waals surface area contributed by atoms with Gasteiger partial charge < -0.3 is 14.8 Å². The minimum Gasteiger partial charge on any atom is -0.486 e. The first-order chi connectivity index (χ1) is 7.40. The molecule has 3 heteroatoms. The number of ether oxygens (including phenoxy) is 2. The number of rotatable bonds is 4. The van der Waals surface area contributed by atoms with Crippen LogP contribution in [0.1, 0.15) is 19.8 Å². The Kier molecular flexibility index (Phi) is 3.33. The van der Waals surface area contributed by atoms with E-state index in [0.29, 0.717) is 13.2 Å². The zero-order valence-corrected chi connectivity index (χ0v) is 9.08. The number of anilines is 1. The molecule has 0 fully saturated rings. The summed E-state index contributed by atoms with van der Waals surface area (Å²) in [6.07, 6.45) is 2.39. The Morgan fingerprint density at radius 2 is 2.00 bits per heavy atom. The molecular formula is C12H17NO2. The molecular weight excluding hydrogens is 190 g/mol. The van der Waals surface area contributed by atoms with Crippen molar-refractivity contribution >= 4 is 5.69 Å². The fourth-order valence-electron chi connectivity index (χ4n) is 1.56. The van der Waals surface area contributed by atoms with Crippen molar-refractivity contribution in [3.63, 3.8) is 0 Å². The lowest BCUT2D eigenvalue weighted by molar-refractivity contribution is 0.171. The van der Waals surface area contributed by atoms with Gasteiger partial charge in [-0.15, -0.1) is 0 Å². The SMILES string of the molecule is CCCCNc1ccc2c(c1)OCCO2. The van der Waals surface area contributed by atoms with E-state index in [4.69, 9.17) is 9.47 Å². The van der Waals surface area contributed by atoms with Crippen LogP contribution < -0.4 is 14.8 Å². The van der Waals surface area contributed by atoms with Crippen LogP contribution in [0.25, 0.3) is 0 Å². The maximum absolute atomic E-state index is 5.51. The predicted molar refractivity (Wildman–Crippen MR) is 60.8 cm³/mol. The van der Waals surface area contributed by atoms with Gasteiger partial charge in [0.2, 0.25) is 0 Å². The van der Waals surface area contributed by atoms with Gasteiger partial charge in [-0.1, -0.05) is 13.3 Å². The maximum Gasteiger partial charge on any atom is 0.163 e. The molecule has 1 heterocycles. The molecule has 0 amide bonds. The van der Waals surface area contributed by atoms with E-state index >= 15 is 0 Å². The summed E-state index contributed by atoms with van der Waals surface area (Å²) >= 11 is 0. The normalized spacial score (nSPS) is 13.7. The van der Waals surface area contributed by atoms with Crippen LogP contribution in [-0.2, 0) is 0 Å². The van der Waals surface area contributed by atoms with Crippen LogP contribution in [-0.4, -0.2) is 19.8 Å². The van der Waals surface area contributed by atoms with Gasteiger partial charge in [0.15, 0.2) is 11.5 Å². The first kappa shape index (κ1) is 10.1. The molecule has 15 heavy (non-hydrogen) atoms. The monoisotopic (exact) mass is 207 g/mol. The number of fused-ring (bicyclic) bond motifs is 1. The van der Waals surface area contributed by atoms with E-state index in [2.05, 4.69) is 12.2 Å². The van der Waals surface area contributed by atoms with E-state index < -0.39 is 0 Å². The molecule has 1 aromatic rings. The highest BCUT2D eigenvalue weighted by Gasteiger charge is 2.10. The highest BCUT2D eigenvalue weighted by atomic mass is 16.6. The van der Waals surface area contributed by atoms with E-state index in [1.807, 2.05) is 18.2 Å². The minimum atomic E-state index is 0.644. The van der Waals surface area contributed by atoms with Crippen molar-refractivity contribution in [2.24, 2.45) is 0 Å². The van der Waals surface area contributed by atoms with Gasteiger partial charge >= 0.3 is 0 Å². The van der Waals surface area contributed by atoms with Crippen LogP contribution in [0.4, 0.5) is 5.69 Å². The van der Waals surface area contributed by atoms with Gasteiger partial charge in [-0.3, -0.25) is 0 Å². The molecule has 2 rings (SSSR count). The molecule has 1 N–H and O–H groups in total. The molecule has 0 aromatic heterocycles. The molecule has 82 valence electrons.